The number of hydrogen-bond acceptors (Lipinski definition) is 3. The predicted octanol–water partition coefficient (Wildman–Crippen LogP) is 1.83. The predicted molar refractivity (Wildman–Crippen MR) is 72.0 cm³/mol. The van der Waals surface area contributed by atoms with Crippen molar-refractivity contribution in [2.75, 3.05) is 13.1 Å². The third kappa shape index (κ3) is 5.03. The Hall–Kier alpha value is -1.31. The van der Waals surface area contributed by atoms with Crippen molar-refractivity contribution in [1.82, 2.24) is 5.32 Å². The van der Waals surface area contributed by atoms with Crippen LogP contribution in [0.4, 0.5) is 0 Å². The van der Waals surface area contributed by atoms with Gasteiger partial charge in [0.15, 0.2) is 0 Å². The first-order valence-corrected chi connectivity index (χ1v) is 6.52. The Kier molecular flexibility index (Phi) is 5.75. The second kappa shape index (κ2) is 7.10. The maximum Gasteiger partial charge on any atom is 0.261 e. The summed E-state index contributed by atoms with van der Waals surface area (Å²) in [6, 6.07) is 3.65. The molecule has 0 radical (unpaired) electrons. The van der Waals surface area contributed by atoms with Gasteiger partial charge in [0.2, 0.25) is 0 Å². The van der Waals surface area contributed by atoms with E-state index < -0.39 is 0 Å². The lowest BCUT2D eigenvalue weighted by atomic mass is 10.1. The van der Waals surface area contributed by atoms with Gasteiger partial charge in [-0.3, -0.25) is 4.79 Å². The molecule has 0 saturated carbocycles. The fraction of sp³-hybridized carbons (Fsp3) is 0.462. The lowest BCUT2D eigenvalue weighted by Crippen LogP contribution is -2.24. The molecule has 92 valence electrons. The smallest absolute Gasteiger partial charge is 0.261 e. The van der Waals surface area contributed by atoms with Crippen molar-refractivity contribution in [3.8, 4) is 11.8 Å². The molecule has 0 unspecified atom stereocenters. The Morgan fingerprint density at radius 1 is 1.53 bits per heavy atom. The van der Waals surface area contributed by atoms with Gasteiger partial charge in [0.25, 0.3) is 5.91 Å². The molecule has 0 fully saturated rings. The first kappa shape index (κ1) is 13.8. The van der Waals surface area contributed by atoms with Crippen LogP contribution < -0.4 is 11.1 Å². The van der Waals surface area contributed by atoms with E-state index in [9.17, 15) is 4.79 Å². The third-order valence-electron chi connectivity index (χ3n) is 2.15. The van der Waals surface area contributed by atoms with Crippen LogP contribution in [0.15, 0.2) is 12.1 Å². The van der Waals surface area contributed by atoms with E-state index in [4.69, 9.17) is 5.73 Å². The van der Waals surface area contributed by atoms with E-state index in [1.54, 1.807) is 6.07 Å². The van der Waals surface area contributed by atoms with Crippen molar-refractivity contribution < 1.29 is 4.79 Å². The van der Waals surface area contributed by atoms with Crippen LogP contribution in [-0.4, -0.2) is 19.0 Å². The Labute approximate surface area is 106 Å². The molecule has 0 saturated heterocycles. The van der Waals surface area contributed by atoms with Gasteiger partial charge in [0.05, 0.1) is 16.3 Å². The highest BCUT2D eigenvalue weighted by Crippen LogP contribution is 2.15. The summed E-state index contributed by atoms with van der Waals surface area (Å²) in [6.45, 7) is 5.33. The Morgan fingerprint density at radius 2 is 2.29 bits per heavy atom. The molecule has 0 aromatic carbocycles. The van der Waals surface area contributed by atoms with Gasteiger partial charge in [-0.2, -0.15) is 0 Å². The van der Waals surface area contributed by atoms with E-state index in [2.05, 4.69) is 31.0 Å². The molecule has 4 heteroatoms. The van der Waals surface area contributed by atoms with Crippen LogP contribution in [0.1, 0.15) is 34.8 Å². The molecule has 3 nitrogen and oxygen atoms in total. The number of nitrogens with two attached hydrogens (primary N) is 1. The number of nitrogens with one attached hydrogen (secondary N) is 1. The second-order valence-electron chi connectivity index (χ2n) is 4.11. The van der Waals surface area contributed by atoms with E-state index in [1.807, 2.05) is 6.07 Å². The largest absolute Gasteiger partial charge is 0.351 e. The van der Waals surface area contributed by atoms with Crippen molar-refractivity contribution in [2.45, 2.75) is 20.3 Å². The summed E-state index contributed by atoms with van der Waals surface area (Å²) >= 11 is 1.40. The third-order valence-corrected chi connectivity index (χ3v) is 3.15. The molecule has 3 N–H and O–H groups in total. The number of thiophene rings is 1. The molecule has 1 heterocycles. The summed E-state index contributed by atoms with van der Waals surface area (Å²) in [5.74, 6) is 6.27. The van der Waals surface area contributed by atoms with Gasteiger partial charge < -0.3 is 11.1 Å². The highest BCUT2D eigenvalue weighted by atomic mass is 32.1. The van der Waals surface area contributed by atoms with Crippen LogP contribution in [0.5, 0.6) is 0 Å². The minimum absolute atomic E-state index is 0.0172. The van der Waals surface area contributed by atoms with Crippen molar-refractivity contribution in [3.63, 3.8) is 0 Å². The fourth-order valence-electron chi connectivity index (χ4n) is 1.23. The summed E-state index contributed by atoms with van der Waals surface area (Å²) < 4.78 is 0. The van der Waals surface area contributed by atoms with E-state index >= 15 is 0 Å². The first-order chi connectivity index (χ1) is 8.13. The maximum atomic E-state index is 11.7. The minimum Gasteiger partial charge on any atom is -0.351 e. The van der Waals surface area contributed by atoms with Crippen molar-refractivity contribution in [3.05, 3.63) is 21.9 Å². The summed E-state index contributed by atoms with van der Waals surface area (Å²) in [4.78, 5) is 13.3. The van der Waals surface area contributed by atoms with Crippen LogP contribution >= 0.6 is 11.3 Å². The van der Waals surface area contributed by atoms with E-state index in [-0.39, 0.29) is 5.91 Å². The summed E-state index contributed by atoms with van der Waals surface area (Å²) in [5, 5.41) is 2.90. The van der Waals surface area contributed by atoms with Gasteiger partial charge >= 0.3 is 0 Å². The van der Waals surface area contributed by atoms with Gasteiger partial charge in [-0.15, -0.1) is 11.3 Å². The summed E-state index contributed by atoms with van der Waals surface area (Å²) in [6.07, 6.45) is 0.997. The zero-order chi connectivity index (χ0) is 12.7. The van der Waals surface area contributed by atoms with E-state index in [0.717, 1.165) is 17.8 Å². The van der Waals surface area contributed by atoms with Gasteiger partial charge in [-0.1, -0.05) is 25.7 Å². The summed E-state index contributed by atoms with van der Waals surface area (Å²) in [7, 11) is 0. The minimum atomic E-state index is -0.0172. The van der Waals surface area contributed by atoms with E-state index in [1.165, 1.54) is 11.3 Å². The van der Waals surface area contributed by atoms with Gasteiger partial charge in [0, 0.05) is 6.54 Å². The van der Waals surface area contributed by atoms with Crippen LogP contribution in [0.2, 0.25) is 0 Å². The Balaban J connectivity index is 2.49. The highest BCUT2D eigenvalue weighted by molar-refractivity contribution is 7.14. The molecule has 1 aromatic rings. The lowest BCUT2D eigenvalue weighted by Gasteiger charge is -2.05. The zero-order valence-electron chi connectivity index (χ0n) is 10.2. The molecule has 0 spiro atoms. The monoisotopic (exact) mass is 250 g/mol. The summed E-state index contributed by atoms with van der Waals surface area (Å²) in [5.41, 5.74) is 5.29. The molecule has 17 heavy (non-hydrogen) atoms. The lowest BCUT2D eigenvalue weighted by molar-refractivity contribution is 0.0956. The molecular formula is C13H18N2OS. The molecular weight excluding hydrogens is 232 g/mol. The van der Waals surface area contributed by atoms with Gasteiger partial charge in [0.1, 0.15) is 0 Å². The Bertz CT molecular complexity index is 426. The molecule has 1 rings (SSSR count). The Morgan fingerprint density at radius 3 is 2.94 bits per heavy atom. The second-order valence-corrected chi connectivity index (χ2v) is 5.19. The molecule has 0 aliphatic rings. The number of carbonyl (C=O) groups excluding carboxylic acids is 1. The highest BCUT2D eigenvalue weighted by Gasteiger charge is 2.07. The standard InChI is InChI=1S/C13H18N2OS/c1-10(2)7-9-15-13(16)12-6-5-11(17-12)4-3-8-14/h5-6,10H,7-9,14H2,1-2H3,(H,15,16). The molecule has 1 aromatic heterocycles. The van der Waals surface area contributed by atoms with Crippen molar-refractivity contribution in [1.29, 1.82) is 0 Å². The molecule has 0 aliphatic heterocycles. The van der Waals surface area contributed by atoms with Crippen molar-refractivity contribution >= 4 is 17.2 Å². The number of hydrogen-bond donors (Lipinski definition) is 2. The molecule has 0 atom stereocenters. The van der Waals surface area contributed by atoms with Crippen LogP contribution in [0.25, 0.3) is 0 Å². The van der Waals surface area contributed by atoms with Gasteiger partial charge in [-0.25, -0.2) is 0 Å². The molecule has 1 amide bonds. The average Bonchev–Trinajstić information content (AvgIpc) is 2.74. The first-order valence-electron chi connectivity index (χ1n) is 5.70. The van der Waals surface area contributed by atoms with Crippen LogP contribution in [-0.2, 0) is 0 Å². The van der Waals surface area contributed by atoms with E-state index in [0.29, 0.717) is 17.3 Å². The number of carbonyl (C=O) groups is 1. The number of rotatable bonds is 4. The SMILES string of the molecule is CC(C)CCNC(=O)c1ccc(C#CCN)s1. The average molecular weight is 250 g/mol. The molecule has 0 bridgehead atoms. The maximum absolute atomic E-state index is 11.7. The fourth-order valence-corrected chi connectivity index (χ4v) is 2.02. The van der Waals surface area contributed by atoms with Crippen LogP contribution in [0.3, 0.4) is 0 Å². The quantitative estimate of drug-likeness (QED) is 0.801. The van der Waals surface area contributed by atoms with Gasteiger partial charge in [-0.05, 0) is 24.5 Å². The van der Waals surface area contributed by atoms with Crippen LogP contribution in [0, 0.1) is 17.8 Å². The zero-order valence-corrected chi connectivity index (χ0v) is 11.1. The normalized spacial score (nSPS) is 9.88. The topological polar surface area (TPSA) is 55.1 Å². The molecule has 0 aliphatic carbocycles. The van der Waals surface area contributed by atoms with Crippen molar-refractivity contribution in [2.24, 2.45) is 11.7 Å². The number of amides is 1.